The molecule has 0 atom stereocenters. The molecule has 0 saturated carbocycles. The Balaban J connectivity index is 2.15. The van der Waals surface area contributed by atoms with Crippen molar-refractivity contribution in [3.8, 4) is 6.07 Å². The van der Waals surface area contributed by atoms with E-state index in [-0.39, 0.29) is 12.3 Å². The average molecular weight is 225 g/mol. The summed E-state index contributed by atoms with van der Waals surface area (Å²) in [4.78, 5) is 11.9. The summed E-state index contributed by atoms with van der Waals surface area (Å²) < 4.78 is 1.65. The van der Waals surface area contributed by atoms with Crippen molar-refractivity contribution in [3.63, 3.8) is 0 Å². The van der Waals surface area contributed by atoms with E-state index < -0.39 is 0 Å². The Kier molecular flexibility index (Phi) is 3.01. The maximum absolute atomic E-state index is 11.9. The molecular weight excluding hydrogens is 214 g/mol. The smallest absolute Gasteiger partial charge is 0.184 e. The highest BCUT2D eigenvalue weighted by Gasteiger charge is 2.08. The fourth-order valence-electron chi connectivity index (χ4n) is 1.52. The summed E-state index contributed by atoms with van der Waals surface area (Å²) in [6.07, 6.45) is 1.67. The number of nitriles is 1. The molecular formula is C13H11N3O. The lowest BCUT2D eigenvalue weighted by atomic mass is 10.1. The number of carbonyl (C=O) groups is 1. The zero-order chi connectivity index (χ0) is 12.3. The van der Waals surface area contributed by atoms with Crippen LogP contribution >= 0.6 is 0 Å². The second-order valence-electron chi connectivity index (χ2n) is 3.74. The molecule has 0 aliphatic heterocycles. The molecule has 0 amide bonds. The van der Waals surface area contributed by atoms with Gasteiger partial charge >= 0.3 is 0 Å². The number of aromatic nitrogens is 2. The van der Waals surface area contributed by atoms with Crippen molar-refractivity contribution in [3.05, 3.63) is 53.3 Å². The summed E-state index contributed by atoms with van der Waals surface area (Å²) in [5, 5.41) is 12.7. The van der Waals surface area contributed by atoms with Crippen LogP contribution in [-0.2, 0) is 6.54 Å². The molecule has 0 unspecified atom stereocenters. The van der Waals surface area contributed by atoms with Crippen LogP contribution in [0.2, 0.25) is 0 Å². The van der Waals surface area contributed by atoms with E-state index >= 15 is 0 Å². The Morgan fingerprint density at radius 2 is 2.06 bits per heavy atom. The van der Waals surface area contributed by atoms with Crippen molar-refractivity contribution in [2.24, 2.45) is 0 Å². The number of rotatable bonds is 3. The van der Waals surface area contributed by atoms with Gasteiger partial charge in [-0.05, 0) is 25.1 Å². The normalized spacial score (nSPS) is 9.88. The van der Waals surface area contributed by atoms with Crippen molar-refractivity contribution in [1.29, 1.82) is 5.26 Å². The van der Waals surface area contributed by atoms with Crippen molar-refractivity contribution in [2.75, 3.05) is 0 Å². The van der Waals surface area contributed by atoms with Crippen LogP contribution in [0.5, 0.6) is 0 Å². The fraction of sp³-hybridized carbons (Fsp3) is 0.154. The minimum absolute atomic E-state index is 0.0127. The van der Waals surface area contributed by atoms with Gasteiger partial charge in [-0.25, -0.2) is 0 Å². The molecule has 84 valence electrons. The number of aryl methyl sites for hydroxylation is 1. The van der Waals surface area contributed by atoms with Gasteiger partial charge in [-0.3, -0.25) is 9.48 Å². The first-order chi connectivity index (χ1) is 8.20. The SMILES string of the molecule is Cc1ccnn1CC(=O)c1ccc(C#N)cc1. The molecule has 0 radical (unpaired) electrons. The van der Waals surface area contributed by atoms with Crippen LogP contribution in [0.25, 0.3) is 0 Å². The number of nitrogens with zero attached hydrogens (tertiary/aromatic N) is 3. The third kappa shape index (κ3) is 2.40. The van der Waals surface area contributed by atoms with Gasteiger partial charge in [-0.1, -0.05) is 12.1 Å². The summed E-state index contributed by atoms with van der Waals surface area (Å²) in [5.41, 5.74) is 2.10. The largest absolute Gasteiger partial charge is 0.292 e. The highest BCUT2D eigenvalue weighted by atomic mass is 16.1. The quantitative estimate of drug-likeness (QED) is 0.750. The topological polar surface area (TPSA) is 58.7 Å². The zero-order valence-corrected chi connectivity index (χ0v) is 9.42. The molecule has 0 fully saturated rings. The second-order valence-corrected chi connectivity index (χ2v) is 3.74. The molecule has 1 aromatic heterocycles. The number of Topliss-reactive ketones (excluding diaryl/α,β-unsaturated/α-hetero) is 1. The molecule has 0 saturated heterocycles. The summed E-state index contributed by atoms with van der Waals surface area (Å²) in [6, 6.07) is 10.5. The standard InChI is InChI=1S/C13H11N3O/c1-10-6-7-15-16(10)9-13(17)12-4-2-11(8-14)3-5-12/h2-7H,9H2,1H3. The highest BCUT2D eigenvalue weighted by molar-refractivity contribution is 5.95. The van der Waals surface area contributed by atoms with Gasteiger partial charge in [0.2, 0.25) is 0 Å². The van der Waals surface area contributed by atoms with Crippen molar-refractivity contribution < 1.29 is 4.79 Å². The van der Waals surface area contributed by atoms with Gasteiger partial charge in [0.1, 0.15) is 6.54 Å². The lowest BCUT2D eigenvalue weighted by Gasteiger charge is -2.03. The number of ketones is 1. The predicted octanol–water partition coefficient (Wildman–Crippen LogP) is 1.95. The third-order valence-corrected chi connectivity index (χ3v) is 2.56. The number of hydrogen-bond donors (Lipinski definition) is 0. The van der Waals surface area contributed by atoms with E-state index in [1.807, 2.05) is 19.1 Å². The Bertz CT molecular complexity index is 575. The van der Waals surface area contributed by atoms with Gasteiger partial charge in [-0.2, -0.15) is 10.4 Å². The molecule has 0 spiro atoms. The number of benzene rings is 1. The molecule has 4 heteroatoms. The molecule has 0 N–H and O–H groups in total. The van der Waals surface area contributed by atoms with Crippen LogP contribution in [0.3, 0.4) is 0 Å². The average Bonchev–Trinajstić information content (AvgIpc) is 2.75. The number of hydrogen-bond acceptors (Lipinski definition) is 3. The molecule has 2 rings (SSSR count). The molecule has 1 aromatic carbocycles. The highest BCUT2D eigenvalue weighted by Crippen LogP contribution is 2.06. The van der Waals surface area contributed by atoms with Crippen molar-refractivity contribution in [1.82, 2.24) is 9.78 Å². The lowest BCUT2D eigenvalue weighted by molar-refractivity contribution is 0.0967. The van der Waals surface area contributed by atoms with E-state index in [4.69, 9.17) is 5.26 Å². The maximum atomic E-state index is 11.9. The first-order valence-corrected chi connectivity index (χ1v) is 5.22. The summed E-state index contributed by atoms with van der Waals surface area (Å²) in [7, 11) is 0. The lowest BCUT2D eigenvalue weighted by Crippen LogP contribution is -2.12. The predicted molar refractivity (Wildman–Crippen MR) is 62.5 cm³/mol. The maximum Gasteiger partial charge on any atom is 0.184 e. The Hall–Kier alpha value is -2.41. The molecule has 0 aliphatic rings. The molecule has 17 heavy (non-hydrogen) atoms. The van der Waals surface area contributed by atoms with Gasteiger partial charge in [0, 0.05) is 17.5 Å². The summed E-state index contributed by atoms with van der Waals surface area (Å²) >= 11 is 0. The Labute approximate surface area is 99.1 Å². The van der Waals surface area contributed by atoms with Crippen LogP contribution in [-0.4, -0.2) is 15.6 Å². The monoisotopic (exact) mass is 225 g/mol. The van der Waals surface area contributed by atoms with E-state index in [0.29, 0.717) is 11.1 Å². The Morgan fingerprint density at radius 3 is 2.59 bits per heavy atom. The van der Waals surface area contributed by atoms with Crippen LogP contribution in [0, 0.1) is 18.3 Å². The van der Waals surface area contributed by atoms with Crippen molar-refractivity contribution >= 4 is 5.78 Å². The molecule has 1 heterocycles. The van der Waals surface area contributed by atoms with Crippen LogP contribution in [0.15, 0.2) is 36.5 Å². The molecule has 0 aliphatic carbocycles. The minimum Gasteiger partial charge on any atom is -0.292 e. The van der Waals surface area contributed by atoms with Gasteiger partial charge in [0.05, 0.1) is 11.6 Å². The minimum atomic E-state index is -0.0127. The van der Waals surface area contributed by atoms with Gasteiger partial charge in [-0.15, -0.1) is 0 Å². The first-order valence-electron chi connectivity index (χ1n) is 5.22. The molecule has 0 bridgehead atoms. The summed E-state index contributed by atoms with van der Waals surface area (Å²) in [5.74, 6) is -0.0127. The van der Waals surface area contributed by atoms with Crippen LogP contribution in [0.4, 0.5) is 0 Å². The van der Waals surface area contributed by atoms with E-state index in [1.165, 1.54) is 0 Å². The second kappa shape index (κ2) is 4.62. The van der Waals surface area contributed by atoms with E-state index in [1.54, 1.807) is 35.1 Å². The summed E-state index contributed by atoms with van der Waals surface area (Å²) in [6.45, 7) is 2.13. The van der Waals surface area contributed by atoms with E-state index in [0.717, 1.165) is 5.69 Å². The fourth-order valence-corrected chi connectivity index (χ4v) is 1.52. The van der Waals surface area contributed by atoms with E-state index in [2.05, 4.69) is 5.10 Å². The van der Waals surface area contributed by atoms with Gasteiger partial charge < -0.3 is 0 Å². The molecule has 2 aromatic rings. The first kappa shape index (κ1) is 11.1. The number of carbonyl (C=O) groups excluding carboxylic acids is 1. The Morgan fingerprint density at radius 1 is 1.35 bits per heavy atom. The van der Waals surface area contributed by atoms with Gasteiger partial charge in [0.15, 0.2) is 5.78 Å². The van der Waals surface area contributed by atoms with Crippen LogP contribution < -0.4 is 0 Å². The van der Waals surface area contributed by atoms with Crippen molar-refractivity contribution in [2.45, 2.75) is 13.5 Å². The van der Waals surface area contributed by atoms with Crippen LogP contribution in [0.1, 0.15) is 21.6 Å². The third-order valence-electron chi connectivity index (χ3n) is 2.56. The molecule has 4 nitrogen and oxygen atoms in total. The van der Waals surface area contributed by atoms with E-state index in [9.17, 15) is 4.79 Å². The zero-order valence-electron chi connectivity index (χ0n) is 9.42. The van der Waals surface area contributed by atoms with Gasteiger partial charge in [0.25, 0.3) is 0 Å².